The van der Waals surface area contributed by atoms with Gasteiger partial charge in [-0.05, 0) is 56.8 Å². The number of methoxy groups -OCH3 is 1. The molecule has 22 heavy (non-hydrogen) atoms. The average molecular weight is 302 g/mol. The molecule has 1 amide bonds. The van der Waals surface area contributed by atoms with Gasteiger partial charge in [-0.1, -0.05) is 18.6 Å². The zero-order valence-corrected chi connectivity index (χ0v) is 13.4. The normalized spacial score (nSPS) is 25.3. The van der Waals surface area contributed by atoms with E-state index in [-0.39, 0.29) is 5.91 Å². The van der Waals surface area contributed by atoms with Gasteiger partial charge >= 0.3 is 0 Å². The van der Waals surface area contributed by atoms with Gasteiger partial charge in [0.25, 0.3) is 5.91 Å². The lowest BCUT2D eigenvalue weighted by Gasteiger charge is -2.44. The van der Waals surface area contributed by atoms with Crippen molar-refractivity contribution in [2.75, 3.05) is 26.7 Å². The molecule has 2 heterocycles. The summed E-state index contributed by atoms with van der Waals surface area (Å²) < 4.78 is 5.28. The van der Waals surface area contributed by atoms with Gasteiger partial charge in [-0.3, -0.25) is 4.79 Å². The Morgan fingerprint density at radius 3 is 2.91 bits per heavy atom. The van der Waals surface area contributed by atoms with Crippen LogP contribution in [0.3, 0.4) is 0 Å². The minimum absolute atomic E-state index is 0.0228. The Labute approximate surface area is 132 Å². The molecule has 3 rings (SSSR count). The van der Waals surface area contributed by atoms with Crippen molar-refractivity contribution in [3.05, 3.63) is 29.8 Å². The second-order valence-corrected chi connectivity index (χ2v) is 6.41. The first-order valence-corrected chi connectivity index (χ1v) is 8.45. The second kappa shape index (κ2) is 7.14. The number of hydrogen-bond donors (Lipinski definition) is 1. The molecule has 2 saturated heterocycles. The van der Waals surface area contributed by atoms with Gasteiger partial charge in [0.15, 0.2) is 0 Å². The number of fused-ring (bicyclic) bond motifs is 1. The maximum atomic E-state index is 12.4. The van der Waals surface area contributed by atoms with Crippen molar-refractivity contribution in [1.29, 1.82) is 0 Å². The summed E-state index contributed by atoms with van der Waals surface area (Å²) >= 11 is 0. The number of benzene rings is 1. The van der Waals surface area contributed by atoms with Gasteiger partial charge in [-0.15, -0.1) is 0 Å². The van der Waals surface area contributed by atoms with Gasteiger partial charge in [-0.2, -0.15) is 0 Å². The zero-order valence-electron chi connectivity index (χ0n) is 13.4. The van der Waals surface area contributed by atoms with Crippen molar-refractivity contribution < 1.29 is 9.53 Å². The molecule has 0 unspecified atom stereocenters. The largest absolute Gasteiger partial charge is 0.496 e. The lowest BCUT2D eigenvalue weighted by molar-refractivity contribution is 0.0575. The van der Waals surface area contributed by atoms with Crippen LogP contribution in [0.15, 0.2) is 24.3 Å². The van der Waals surface area contributed by atoms with E-state index in [0.717, 1.165) is 6.54 Å². The SMILES string of the molecule is COc1ccccc1C(=O)NC[C@H]1CCCN2CCCC[C@H]12. The van der Waals surface area contributed by atoms with Crippen molar-refractivity contribution in [3.8, 4) is 5.75 Å². The minimum Gasteiger partial charge on any atom is -0.496 e. The van der Waals surface area contributed by atoms with Crippen LogP contribution in [0.4, 0.5) is 0 Å². The molecule has 1 aromatic rings. The Bertz CT molecular complexity index is 516. The molecule has 0 bridgehead atoms. The van der Waals surface area contributed by atoms with E-state index in [0.29, 0.717) is 23.3 Å². The molecule has 4 nitrogen and oxygen atoms in total. The molecule has 1 aromatic carbocycles. The summed E-state index contributed by atoms with van der Waals surface area (Å²) in [7, 11) is 1.60. The number of rotatable bonds is 4. The number of carbonyl (C=O) groups is 1. The van der Waals surface area contributed by atoms with Crippen molar-refractivity contribution in [1.82, 2.24) is 10.2 Å². The van der Waals surface area contributed by atoms with Crippen molar-refractivity contribution >= 4 is 5.91 Å². The molecule has 2 atom stereocenters. The third-order valence-electron chi connectivity index (χ3n) is 5.11. The molecule has 2 aliphatic rings. The Morgan fingerprint density at radius 2 is 2.05 bits per heavy atom. The molecule has 1 N–H and O–H groups in total. The summed E-state index contributed by atoms with van der Waals surface area (Å²) in [5, 5.41) is 3.13. The number of amides is 1. The van der Waals surface area contributed by atoms with E-state index in [2.05, 4.69) is 10.2 Å². The third-order valence-corrected chi connectivity index (χ3v) is 5.11. The highest BCUT2D eigenvalue weighted by molar-refractivity contribution is 5.96. The quantitative estimate of drug-likeness (QED) is 0.930. The van der Waals surface area contributed by atoms with E-state index in [4.69, 9.17) is 4.74 Å². The van der Waals surface area contributed by atoms with E-state index in [1.54, 1.807) is 7.11 Å². The highest BCUT2D eigenvalue weighted by atomic mass is 16.5. The van der Waals surface area contributed by atoms with Crippen LogP contribution in [0.1, 0.15) is 42.5 Å². The van der Waals surface area contributed by atoms with E-state index in [1.807, 2.05) is 24.3 Å². The molecule has 0 spiro atoms. The summed E-state index contributed by atoms with van der Waals surface area (Å²) in [5.74, 6) is 1.21. The monoisotopic (exact) mass is 302 g/mol. The number of carbonyl (C=O) groups excluding carboxylic acids is 1. The topological polar surface area (TPSA) is 41.6 Å². The molecule has 0 saturated carbocycles. The van der Waals surface area contributed by atoms with Gasteiger partial charge < -0.3 is 15.0 Å². The number of hydrogen-bond acceptors (Lipinski definition) is 3. The fraction of sp³-hybridized carbons (Fsp3) is 0.611. The number of nitrogens with one attached hydrogen (secondary N) is 1. The van der Waals surface area contributed by atoms with Gasteiger partial charge in [0.2, 0.25) is 0 Å². The molecule has 0 radical (unpaired) electrons. The van der Waals surface area contributed by atoms with Crippen LogP contribution in [0.25, 0.3) is 0 Å². The minimum atomic E-state index is -0.0228. The molecular formula is C18H26N2O2. The number of nitrogens with zero attached hydrogens (tertiary/aromatic N) is 1. The van der Waals surface area contributed by atoms with Crippen LogP contribution in [0.2, 0.25) is 0 Å². The van der Waals surface area contributed by atoms with E-state index in [9.17, 15) is 4.79 Å². The second-order valence-electron chi connectivity index (χ2n) is 6.41. The first-order chi connectivity index (χ1) is 10.8. The van der Waals surface area contributed by atoms with Crippen LogP contribution >= 0.6 is 0 Å². The lowest BCUT2D eigenvalue weighted by atomic mass is 9.83. The summed E-state index contributed by atoms with van der Waals surface area (Å²) in [5.41, 5.74) is 0.626. The Hall–Kier alpha value is -1.55. The van der Waals surface area contributed by atoms with Gasteiger partial charge in [0.1, 0.15) is 5.75 Å². The molecule has 4 heteroatoms. The maximum Gasteiger partial charge on any atom is 0.255 e. The summed E-state index contributed by atoms with van der Waals surface area (Å²) in [6.07, 6.45) is 6.43. The smallest absolute Gasteiger partial charge is 0.255 e. The number of para-hydroxylation sites is 1. The summed E-state index contributed by atoms with van der Waals surface area (Å²) in [6.45, 7) is 3.25. The fourth-order valence-corrected chi connectivity index (χ4v) is 3.97. The molecule has 0 aliphatic carbocycles. The average Bonchev–Trinajstić information content (AvgIpc) is 2.59. The molecule has 120 valence electrons. The van der Waals surface area contributed by atoms with Crippen LogP contribution in [-0.2, 0) is 0 Å². The Morgan fingerprint density at radius 1 is 1.23 bits per heavy atom. The maximum absolute atomic E-state index is 12.4. The highest BCUT2D eigenvalue weighted by Crippen LogP contribution is 2.30. The summed E-state index contributed by atoms with van der Waals surface area (Å²) in [4.78, 5) is 15.1. The van der Waals surface area contributed by atoms with E-state index < -0.39 is 0 Å². The van der Waals surface area contributed by atoms with Crippen LogP contribution in [-0.4, -0.2) is 43.6 Å². The predicted molar refractivity (Wildman–Crippen MR) is 87.3 cm³/mol. The number of ether oxygens (including phenoxy) is 1. The van der Waals surface area contributed by atoms with Crippen molar-refractivity contribution in [2.24, 2.45) is 5.92 Å². The van der Waals surface area contributed by atoms with Crippen molar-refractivity contribution in [2.45, 2.75) is 38.1 Å². The molecule has 2 aliphatic heterocycles. The third kappa shape index (κ3) is 3.27. The van der Waals surface area contributed by atoms with Crippen molar-refractivity contribution in [3.63, 3.8) is 0 Å². The van der Waals surface area contributed by atoms with E-state index >= 15 is 0 Å². The van der Waals surface area contributed by atoms with Gasteiger partial charge in [-0.25, -0.2) is 0 Å². The Balaban J connectivity index is 1.60. The molecular weight excluding hydrogens is 276 g/mol. The highest BCUT2D eigenvalue weighted by Gasteiger charge is 2.33. The standard InChI is InChI=1S/C18H26N2O2/c1-22-17-10-3-2-8-15(17)18(21)19-13-14-7-6-12-20-11-5-4-9-16(14)20/h2-3,8,10,14,16H,4-7,9,11-13H2,1H3,(H,19,21)/t14-,16-/m1/s1. The predicted octanol–water partition coefficient (Wildman–Crippen LogP) is 2.69. The Kier molecular flexibility index (Phi) is 4.98. The molecule has 2 fully saturated rings. The van der Waals surface area contributed by atoms with Crippen LogP contribution in [0.5, 0.6) is 5.75 Å². The first-order valence-electron chi connectivity index (χ1n) is 8.45. The van der Waals surface area contributed by atoms with Crippen LogP contribution < -0.4 is 10.1 Å². The zero-order chi connectivity index (χ0) is 15.4. The lowest BCUT2D eigenvalue weighted by Crippen LogP contribution is -2.51. The first kappa shape index (κ1) is 15.3. The number of piperidine rings is 2. The summed E-state index contributed by atoms with van der Waals surface area (Å²) in [6, 6.07) is 8.08. The van der Waals surface area contributed by atoms with Crippen LogP contribution in [0, 0.1) is 5.92 Å². The van der Waals surface area contributed by atoms with E-state index in [1.165, 1.54) is 45.2 Å². The fourth-order valence-electron chi connectivity index (χ4n) is 3.97. The molecule has 0 aromatic heterocycles. The van der Waals surface area contributed by atoms with Gasteiger partial charge in [0.05, 0.1) is 12.7 Å². The van der Waals surface area contributed by atoms with Gasteiger partial charge in [0, 0.05) is 12.6 Å².